The number of nitrogens with one attached hydrogen (secondary N) is 1. The first-order valence-corrected chi connectivity index (χ1v) is 10.2. The Labute approximate surface area is 158 Å². The third kappa shape index (κ3) is 4.20. The highest BCUT2D eigenvalue weighted by Gasteiger charge is 2.19. The van der Waals surface area contributed by atoms with E-state index in [1.54, 1.807) is 24.4 Å². The van der Waals surface area contributed by atoms with E-state index in [0.29, 0.717) is 21.8 Å². The lowest BCUT2D eigenvalue weighted by Crippen LogP contribution is -2.14. The van der Waals surface area contributed by atoms with Gasteiger partial charge in [0, 0.05) is 22.9 Å². The molecule has 1 heterocycles. The van der Waals surface area contributed by atoms with Crippen LogP contribution in [-0.4, -0.2) is 13.4 Å². The average Bonchev–Trinajstić information content (AvgIpc) is 2.95. The Balaban J connectivity index is 1.80. The SMILES string of the molecule is Cc1c(Cl)cccc1S(=O)(=O)Nc1nc(Cc2cc(F)cc(F)c2)cs1. The van der Waals surface area contributed by atoms with Gasteiger partial charge in [-0.15, -0.1) is 11.3 Å². The highest BCUT2D eigenvalue weighted by atomic mass is 35.5. The van der Waals surface area contributed by atoms with Crippen molar-refractivity contribution in [2.45, 2.75) is 18.2 Å². The minimum atomic E-state index is -3.85. The number of rotatable bonds is 5. The summed E-state index contributed by atoms with van der Waals surface area (Å²) in [6.07, 6.45) is 0.184. The molecule has 0 saturated carbocycles. The molecule has 0 aliphatic carbocycles. The fourth-order valence-electron chi connectivity index (χ4n) is 2.41. The van der Waals surface area contributed by atoms with Gasteiger partial charge in [0.2, 0.25) is 0 Å². The highest BCUT2D eigenvalue weighted by molar-refractivity contribution is 7.93. The molecule has 136 valence electrons. The zero-order valence-electron chi connectivity index (χ0n) is 13.5. The van der Waals surface area contributed by atoms with Gasteiger partial charge in [-0.2, -0.15) is 0 Å². The van der Waals surface area contributed by atoms with Crippen molar-refractivity contribution < 1.29 is 17.2 Å². The molecule has 4 nitrogen and oxygen atoms in total. The summed E-state index contributed by atoms with van der Waals surface area (Å²) >= 11 is 7.06. The van der Waals surface area contributed by atoms with Crippen molar-refractivity contribution in [1.29, 1.82) is 0 Å². The normalized spacial score (nSPS) is 11.5. The van der Waals surface area contributed by atoms with Crippen LogP contribution in [0.2, 0.25) is 5.02 Å². The first-order valence-electron chi connectivity index (χ1n) is 7.42. The maximum Gasteiger partial charge on any atom is 0.263 e. The van der Waals surface area contributed by atoms with Crippen molar-refractivity contribution >= 4 is 38.1 Å². The van der Waals surface area contributed by atoms with E-state index in [1.165, 1.54) is 18.2 Å². The summed E-state index contributed by atoms with van der Waals surface area (Å²) in [7, 11) is -3.85. The van der Waals surface area contributed by atoms with Gasteiger partial charge in [0.1, 0.15) is 11.6 Å². The van der Waals surface area contributed by atoms with Crippen molar-refractivity contribution in [2.75, 3.05) is 4.72 Å². The molecule has 3 rings (SSSR count). The Bertz CT molecular complexity index is 1050. The van der Waals surface area contributed by atoms with Gasteiger partial charge in [0.05, 0.1) is 10.6 Å². The number of anilines is 1. The second-order valence-electron chi connectivity index (χ2n) is 5.57. The van der Waals surface area contributed by atoms with E-state index < -0.39 is 21.7 Å². The molecule has 0 radical (unpaired) electrons. The van der Waals surface area contributed by atoms with E-state index in [2.05, 4.69) is 9.71 Å². The van der Waals surface area contributed by atoms with Crippen LogP contribution in [0.1, 0.15) is 16.8 Å². The minimum absolute atomic E-state index is 0.0638. The van der Waals surface area contributed by atoms with Gasteiger partial charge in [-0.1, -0.05) is 17.7 Å². The Kier molecular flexibility index (Phi) is 5.27. The lowest BCUT2D eigenvalue weighted by Gasteiger charge is -2.09. The van der Waals surface area contributed by atoms with Crippen LogP contribution in [0.5, 0.6) is 0 Å². The molecule has 0 saturated heterocycles. The Morgan fingerprint density at radius 3 is 2.58 bits per heavy atom. The van der Waals surface area contributed by atoms with Crippen LogP contribution in [-0.2, 0) is 16.4 Å². The third-order valence-electron chi connectivity index (χ3n) is 3.59. The number of benzene rings is 2. The molecule has 1 N–H and O–H groups in total. The van der Waals surface area contributed by atoms with Crippen LogP contribution in [0.15, 0.2) is 46.7 Å². The standard InChI is InChI=1S/C17H13ClF2N2O2S2/c1-10-15(18)3-2-4-16(10)26(23,24)22-17-21-14(9-25-17)7-11-5-12(19)8-13(20)6-11/h2-6,8-9H,7H2,1H3,(H,21,22). The van der Waals surface area contributed by atoms with E-state index in [4.69, 9.17) is 11.6 Å². The maximum absolute atomic E-state index is 13.3. The summed E-state index contributed by atoms with van der Waals surface area (Å²) < 4.78 is 54.0. The van der Waals surface area contributed by atoms with Crippen molar-refractivity contribution in [3.05, 3.63) is 75.3 Å². The first-order chi connectivity index (χ1) is 12.2. The summed E-state index contributed by atoms with van der Waals surface area (Å²) in [6.45, 7) is 1.61. The fourth-order valence-corrected chi connectivity index (χ4v) is 4.87. The van der Waals surface area contributed by atoms with Gasteiger partial charge in [0.15, 0.2) is 5.13 Å². The largest absolute Gasteiger partial charge is 0.263 e. The molecule has 0 bridgehead atoms. The molecule has 0 aliphatic rings. The summed E-state index contributed by atoms with van der Waals surface area (Å²) in [5.74, 6) is -1.35. The summed E-state index contributed by atoms with van der Waals surface area (Å²) in [4.78, 5) is 4.24. The molecule has 0 spiro atoms. The second-order valence-corrected chi connectivity index (χ2v) is 8.48. The molecule has 9 heteroatoms. The zero-order chi connectivity index (χ0) is 18.9. The van der Waals surface area contributed by atoms with Crippen molar-refractivity contribution in [2.24, 2.45) is 0 Å². The number of hydrogen-bond donors (Lipinski definition) is 1. The van der Waals surface area contributed by atoms with Crippen LogP contribution in [0.25, 0.3) is 0 Å². The van der Waals surface area contributed by atoms with Gasteiger partial charge in [-0.3, -0.25) is 4.72 Å². The number of thiazole rings is 1. The summed E-state index contributed by atoms with van der Waals surface area (Å²) in [6, 6.07) is 7.82. The average molecular weight is 415 g/mol. The predicted molar refractivity (Wildman–Crippen MR) is 98.3 cm³/mol. The molecule has 1 aromatic heterocycles. The molecule has 0 aliphatic heterocycles. The highest BCUT2D eigenvalue weighted by Crippen LogP contribution is 2.26. The van der Waals surface area contributed by atoms with Crippen molar-refractivity contribution in [1.82, 2.24) is 4.98 Å². The predicted octanol–water partition coefficient (Wildman–Crippen LogP) is 4.77. The monoisotopic (exact) mass is 414 g/mol. The number of halogens is 3. The quantitative estimate of drug-likeness (QED) is 0.654. The first kappa shape index (κ1) is 18.8. The van der Waals surface area contributed by atoms with Crippen LogP contribution < -0.4 is 4.72 Å². The van der Waals surface area contributed by atoms with Crippen molar-refractivity contribution in [3.8, 4) is 0 Å². The maximum atomic E-state index is 13.3. The Morgan fingerprint density at radius 2 is 1.88 bits per heavy atom. The Hall–Kier alpha value is -2.03. The molecule has 0 atom stereocenters. The second kappa shape index (κ2) is 7.30. The molecule has 2 aromatic carbocycles. The van der Waals surface area contributed by atoms with Gasteiger partial charge in [-0.25, -0.2) is 22.2 Å². The molecule has 0 amide bonds. The smallest absolute Gasteiger partial charge is 0.255 e. The summed E-state index contributed by atoms with van der Waals surface area (Å²) in [5.41, 5.74) is 1.35. The van der Waals surface area contributed by atoms with E-state index in [9.17, 15) is 17.2 Å². The van der Waals surface area contributed by atoms with Crippen LogP contribution in [0.3, 0.4) is 0 Å². The molecule has 0 unspecified atom stereocenters. The van der Waals surface area contributed by atoms with Crippen LogP contribution >= 0.6 is 22.9 Å². The number of aromatic nitrogens is 1. The van der Waals surface area contributed by atoms with Crippen LogP contribution in [0.4, 0.5) is 13.9 Å². The number of nitrogens with zero attached hydrogens (tertiary/aromatic N) is 1. The van der Waals surface area contributed by atoms with E-state index >= 15 is 0 Å². The van der Waals surface area contributed by atoms with Crippen molar-refractivity contribution in [3.63, 3.8) is 0 Å². The van der Waals surface area contributed by atoms with Gasteiger partial charge in [0.25, 0.3) is 10.0 Å². The molecule has 26 heavy (non-hydrogen) atoms. The number of sulfonamides is 1. The molecular weight excluding hydrogens is 402 g/mol. The third-order valence-corrected chi connectivity index (χ3v) is 6.42. The summed E-state index contributed by atoms with van der Waals surface area (Å²) in [5, 5.41) is 2.14. The molecule has 0 fully saturated rings. The van der Waals surface area contributed by atoms with Gasteiger partial charge in [-0.05, 0) is 42.3 Å². The Morgan fingerprint density at radius 1 is 1.19 bits per heavy atom. The lowest BCUT2D eigenvalue weighted by molar-refractivity contribution is 0.580. The number of hydrogen-bond acceptors (Lipinski definition) is 4. The van der Waals surface area contributed by atoms with E-state index in [-0.39, 0.29) is 16.4 Å². The van der Waals surface area contributed by atoms with E-state index in [0.717, 1.165) is 17.4 Å². The molecular formula is C17H13ClF2N2O2S2. The van der Waals surface area contributed by atoms with Crippen LogP contribution in [0, 0.1) is 18.6 Å². The topological polar surface area (TPSA) is 59.1 Å². The van der Waals surface area contributed by atoms with E-state index in [1.807, 2.05) is 0 Å². The zero-order valence-corrected chi connectivity index (χ0v) is 15.9. The minimum Gasteiger partial charge on any atom is -0.255 e. The lowest BCUT2D eigenvalue weighted by atomic mass is 10.1. The fraction of sp³-hybridized carbons (Fsp3) is 0.118. The van der Waals surface area contributed by atoms with Gasteiger partial charge >= 0.3 is 0 Å². The molecule has 3 aromatic rings. The van der Waals surface area contributed by atoms with Gasteiger partial charge < -0.3 is 0 Å².